The molecule has 0 spiro atoms. The molecule has 3 aromatic rings. The number of nitrogens with one attached hydrogen (secondary N) is 1. The minimum atomic E-state index is -4.05. The molecule has 0 aliphatic carbocycles. The van der Waals surface area contributed by atoms with E-state index in [1.807, 2.05) is 19.9 Å². The van der Waals surface area contributed by atoms with Crippen LogP contribution in [0.25, 0.3) is 0 Å². The molecule has 10 heteroatoms. The van der Waals surface area contributed by atoms with E-state index in [1.54, 1.807) is 36.4 Å². The molecule has 0 fully saturated rings. The topological polar surface area (TPSA) is 88.1 Å². The van der Waals surface area contributed by atoms with E-state index in [1.165, 1.54) is 31.5 Å². The Labute approximate surface area is 212 Å². The van der Waals surface area contributed by atoms with Crippen molar-refractivity contribution in [2.75, 3.05) is 18.0 Å². The van der Waals surface area contributed by atoms with E-state index in [4.69, 9.17) is 16.3 Å². The number of benzene rings is 3. The average molecular weight is 565 g/mol. The third-order valence-electron chi connectivity index (χ3n) is 4.92. The molecule has 3 aromatic carbocycles. The van der Waals surface area contributed by atoms with E-state index in [9.17, 15) is 13.2 Å². The maximum Gasteiger partial charge on any atom is 0.264 e. The van der Waals surface area contributed by atoms with Crippen LogP contribution in [-0.2, 0) is 14.8 Å². The van der Waals surface area contributed by atoms with Crippen LogP contribution in [0.15, 0.2) is 75.1 Å². The Morgan fingerprint density at radius 1 is 1.12 bits per heavy atom. The summed E-state index contributed by atoms with van der Waals surface area (Å²) in [6.45, 7) is 3.17. The standard InChI is InChI=1S/C24H23BrClN3O4S/c1-16-4-9-21(10-5-16)34(31,32)29(20-8-6-17(2)22(26)13-20)15-24(30)28-27-14-18-12-19(25)7-11-23(18)33-3/h4-14H,15H2,1-3H3,(H,28,30)/b27-14-. The summed E-state index contributed by atoms with van der Waals surface area (Å²) >= 11 is 9.62. The number of sulfonamides is 1. The third-order valence-corrected chi connectivity index (χ3v) is 7.61. The molecular weight excluding hydrogens is 542 g/mol. The molecule has 1 amide bonds. The molecule has 0 atom stereocenters. The van der Waals surface area contributed by atoms with Gasteiger partial charge in [-0.2, -0.15) is 5.10 Å². The second-order valence-electron chi connectivity index (χ2n) is 7.44. The van der Waals surface area contributed by atoms with Gasteiger partial charge in [-0.1, -0.05) is 51.3 Å². The normalized spacial score (nSPS) is 11.4. The largest absolute Gasteiger partial charge is 0.496 e. The number of rotatable bonds is 8. The number of halogens is 2. The summed E-state index contributed by atoms with van der Waals surface area (Å²) in [6, 6.07) is 16.6. The average Bonchev–Trinajstić information content (AvgIpc) is 2.80. The zero-order valence-corrected chi connectivity index (χ0v) is 21.9. The molecule has 3 rings (SSSR count). The van der Waals surface area contributed by atoms with Gasteiger partial charge in [0.05, 0.1) is 23.9 Å². The fourth-order valence-corrected chi connectivity index (χ4v) is 5.00. The molecule has 0 heterocycles. The monoisotopic (exact) mass is 563 g/mol. The van der Waals surface area contributed by atoms with E-state index in [0.717, 1.165) is 19.9 Å². The first-order valence-corrected chi connectivity index (χ1v) is 12.7. The Morgan fingerprint density at radius 3 is 2.47 bits per heavy atom. The quantitative estimate of drug-likeness (QED) is 0.306. The summed E-state index contributed by atoms with van der Waals surface area (Å²) < 4.78 is 34.0. The van der Waals surface area contributed by atoms with Crippen LogP contribution in [0.2, 0.25) is 5.02 Å². The van der Waals surface area contributed by atoms with Crippen LogP contribution in [0.1, 0.15) is 16.7 Å². The minimum absolute atomic E-state index is 0.0602. The predicted molar refractivity (Wildman–Crippen MR) is 138 cm³/mol. The van der Waals surface area contributed by atoms with Gasteiger partial charge in [-0.05, 0) is 61.9 Å². The van der Waals surface area contributed by atoms with Gasteiger partial charge in [0.25, 0.3) is 15.9 Å². The molecule has 1 N–H and O–H groups in total. The van der Waals surface area contributed by atoms with Crippen LogP contribution in [0.4, 0.5) is 5.69 Å². The third kappa shape index (κ3) is 6.16. The van der Waals surface area contributed by atoms with Crippen molar-refractivity contribution in [2.45, 2.75) is 18.7 Å². The summed E-state index contributed by atoms with van der Waals surface area (Å²) in [5.74, 6) is -0.0586. The maximum atomic E-state index is 13.4. The van der Waals surface area contributed by atoms with E-state index in [2.05, 4.69) is 26.5 Å². The molecular formula is C24H23BrClN3O4S. The molecule has 178 valence electrons. The molecule has 0 aliphatic heterocycles. The highest BCUT2D eigenvalue weighted by Gasteiger charge is 2.27. The van der Waals surface area contributed by atoms with Gasteiger partial charge in [-0.15, -0.1) is 0 Å². The van der Waals surface area contributed by atoms with Gasteiger partial charge < -0.3 is 4.74 Å². The van der Waals surface area contributed by atoms with E-state index < -0.39 is 22.5 Å². The molecule has 7 nitrogen and oxygen atoms in total. The van der Waals surface area contributed by atoms with Crippen LogP contribution in [0, 0.1) is 13.8 Å². The fraction of sp³-hybridized carbons (Fsp3) is 0.167. The Morgan fingerprint density at radius 2 is 1.82 bits per heavy atom. The summed E-state index contributed by atoms with van der Waals surface area (Å²) in [4.78, 5) is 12.8. The van der Waals surface area contributed by atoms with Crippen molar-refractivity contribution in [1.29, 1.82) is 0 Å². The van der Waals surface area contributed by atoms with Crippen LogP contribution in [0.5, 0.6) is 5.75 Å². The van der Waals surface area contributed by atoms with Crippen molar-refractivity contribution in [1.82, 2.24) is 5.43 Å². The number of ether oxygens (including phenoxy) is 1. The summed E-state index contributed by atoms with van der Waals surface area (Å²) in [5.41, 5.74) is 4.98. The molecule has 0 bridgehead atoms. The number of anilines is 1. The Kier molecular flexibility index (Phi) is 8.35. The zero-order chi connectivity index (χ0) is 24.9. The number of hydrazone groups is 1. The van der Waals surface area contributed by atoms with Crippen LogP contribution in [-0.4, -0.2) is 34.2 Å². The Balaban J connectivity index is 1.88. The number of amides is 1. The molecule has 0 aromatic heterocycles. The molecule has 34 heavy (non-hydrogen) atoms. The summed E-state index contributed by atoms with van der Waals surface area (Å²) in [7, 11) is -2.53. The molecule has 0 unspecified atom stereocenters. The highest BCUT2D eigenvalue weighted by molar-refractivity contribution is 9.10. The number of hydrogen-bond acceptors (Lipinski definition) is 5. The van der Waals surface area contributed by atoms with E-state index >= 15 is 0 Å². The van der Waals surface area contributed by atoms with E-state index in [-0.39, 0.29) is 10.6 Å². The lowest BCUT2D eigenvalue weighted by molar-refractivity contribution is -0.119. The first-order valence-electron chi connectivity index (χ1n) is 10.1. The molecule has 0 saturated carbocycles. The van der Waals surface area contributed by atoms with Crippen molar-refractivity contribution >= 4 is 55.4 Å². The van der Waals surface area contributed by atoms with Crippen molar-refractivity contribution in [3.05, 3.63) is 86.8 Å². The predicted octanol–water partition coefficient (Wildman–Crippen LogP) is 5.07. The van der Waals surface area contributed by atoms with Gasteiger partial charge in [-0.3, -0.25) is 9.10 Å². The Hall–Kier alpha value is -2.88. The van der Waals surface area contributed by atoms with E-state index in [0.29, 0.717) is 16.3 Å². The van der Waals surface area contributed by atoms with Gasteiger partial charge in [0.2, 0.25) is 0 Å². The molecule has 0 saturated heterocycles. The van der Waals surface area contributed by atoms with Crippen LogP contribution >= 0.6 is 27.5 Å². The first kappa shape index (κ1) is 25.7. The number of carbonyl (C=O) groups excluding carboxylic acids is 1. The molecule has 0 aliphatic rings. The van der Waals surface area contributed by atoms with Gasteiger partial charge in [0.15, 0.2) is 0 Å². The maximum absolute atomic E-state index is 13.4. The second-order valence-corrected chi connectivity index (χ2v) is 10.6. The van der Waals surface area contributed by atoms with Gasteiger partial charge in [-0.25, -0.2) is 13.8 Å². The van der Waals surface area contributed by atoms with Crippen LogP contribution < -0.4 is 14.5 Å². The van der Waals surface area contributed by atoms with Gasteiger partial charge in [0, 0.05) is 15.1 Å². The number of hydrogen-bond donors (Lipinski definition) is 1. The van der Waals surface area contributed by atoms with Crippen molar-refractivity contribution < 1.29 is 17.9 Å². The fourth-order valence-electron chi connectivity index (χ4n) is 3.04. The lowest BCUT2D eigenvalue weighted by atomic mass is 10.2. The van der Waals surface area contributed by atoms with Crippen molar-refractivity contribution in [3.8, 4) is 5.75 Å². The van der Waals surface area contributed by atoms with Gasteiger partial charge in [0.1, 0.15) is 12.3 Å². The van der Waals surface area contributed by atoms with Crippen molar-refractivity contribution in [3.63, 3.8) is 0 Å². The number of nitrogens with zero attached hydrogens (tertiary/aromatic N) is 2. The van der Waals surface area contributed by atoms with Gasteiger partial charge >= 0.3 is 0 Å². The van der Waals surface area contributed by atoms with Crippen molar-refractivity contribution in [2.24, 2.45) is 5.10 Å². The van der Waals surface area contributed by atoms with Crippen LogP contribution in [0.3, 0.4) is 0 Å². The zero-order valence-electron chi connectivity index (χ0n) is 18.7. The lowest BCUT2D eigenvalue weighted by Crippen LogP contribution is -2.39. The number of methoxy groups -OCH3 is 1. The summed E-state index contributed by atoms with van der Waals surface area (Å²) in [6.07, 6.45) is 1.42. The first-order chi connectivity index (χ1) is 16.1. The number of carbonyl (C=O) groups is 1. The summed E-state index contributed by atoms with van der Waals surface area (Å²) in [5, 5.41) is 4.35. The number of aryl methyl sites for hydroxylation is 2. The highest BCUT2D eigenvalue weighted by Crippen LogP contribution is 2.28. The molecule has 0 radical (unpaired) electrons. The second kappa shape index (κ2) is 11.0. The highest BCUT2D eigenvalue weighted by atomic mass is 79.9. The Bertz CT molecular complexity index is 1330. The minimum Gasteiger partial charge on any atom is -0.496 e. The lowest BCUT2D eigenvalue weighted by Gasteiger charge is -2.24. The SMILES string of the molecule is COc1ccc(Br)cc1/C=N\NC(=O)CN(c1ccc(C)c(Cl)c1)S(=O)(=O)c1ccc(C)cc1. The smallest absolute Gasteiger partial charge is 0.264 e.